The zero-order chi connectivity index (χ0) is 13.0. The van der Waals surface area contributed by atoms with Crippen molar-refractivity contribution in [1.82, 2.24) is 5.32 Å². The molecule has 0 spiro atoms. The Balaban J connectivity index is 2.95. The minimum atomic E-state index is -0.967. The zero-order valence-electron chi connectivity index (χ0n) is 9.37. The van der Waals surface area contributed by atoms with Gasteiger partial charge in [-0.25, -0.2) is 0 Å². The first-order valence-electron chi connectivity index (χ1n) is 4.90. The summed E-state index contributed by atoms with van der Waals surface area (Å²) in [5, 5.41) is 13.4. The third-order valence-corrected chi connectivity index (χ3v) is 2.31. The Hall–Kier alpha value is -1.40. The van der Waals surface area contributed by atoms with Gasteiger partial charge in [0.2, 0.25) is 5.82 Å². The summed E-state index contributed by atoms with van der Waals surface area (Å²) in [6, 6.07) is 1.87. The van der Waals surface area contributed by atoms with Crippen LogP contribution in [0.4, 0.5) is 10.1 Å². The molecule has 0 amide bonds. The van der Waals surface area contributed by atoms with Crippen LogP contribution >= 0.6 is 11.6 Å². The highest BCUT2D eigenvalue weighted by Gasteiger charge is 2.19. The molecule has 0 fully saturated rings. The third kappa shape index (κ3) is 3.54. The molecule has 0 heterocycles. The van der Waals surface area contributed by atoms with E-state index < -0.39 is 16.4 Å². The van der Waals surface area contributed by atoms with Crippen molar-refractivity contribution in [2.75, 3.05) is 13.6 Å². The number of nitrogens with one attached hydrogen (secondary N) is 1. The lowest BCUT2D eigenvalue weighted by molar-refractivity contribution is -0.387. The van der Waals surface area contributed by atoms with Crippen molar-refractivity contribution in [3.63, 3.8) is 0 Å². The molecule has 1 aromatic rings. The van der Waals surface area contributed by atoms with Gasteiger partial charge in [0, 0.05) is 18.7 Å². The second-order valence-corrected chi connectivity index (χ2v) is 3.88. The molecule has 0 radical (unpaired) electrons. The van der Waals surface area contributed by atoms with Gasteiger partial charge in [-0.1, -0.05) is 11.6 Å². The second kappa shape index (κ2) is 5.79. The summed E-state index contributed by atoms with van der Waals surface area (Å²) < 4.78 is 18.7. The van der Waals surface area contributed by atoms with Crippen molar-refractivity contribution in [3.05, 3.63) is 33.1 Å². The van der Waals surface area contributed by atoms with Crippen molar-refractivity contribution >= 4 is 17.3 Å². The molecule has 5 nitrogen and oxygen atoms in total. The van der Waals surface area contributed by atoms with Crippen LogP contribution in [0.1, 0.15) is 6.92 Å². The smallest absolute Gasteiger partial charge is 0.306 e. The lowest BCUT2D eigenvalue weighted by atomic mass is 10.3. The summed E-state index contributed by atoms with van der Waals surface area (Å²) in [4.78, 5) is 9.63. The fourth-order valence-electron chi connectivity index (χ4n) is 1.29. The van der Waals surface area contributed by atoms with Gasteiger partial charge in [-0.05, 0) is 14.0 Å². The number of halogens is 2. The third-order valence-electron chi connectivity index (χ3n) is 2.02. The Kier molecular flexibility index (Phi) is 4.65. The average molecular weight is 263 g/mol. The van der Waals surface area contributed by atoms with E-state index in [2.05, 4.69) is 5.32 Å². The lowest BCUT2D eigenvalue weighted by Crippen LogP contribution is -2.26. The van der Waals surface area contributed by atoms with E-state index in [1.807, 2.05) is 0 Å². The fourth-order valence-corrected chi connectivity index (χ4v) is 1.50. The molecule has 0 aliphatic carbocycles. The van der Waals surface area contributed by atoms with Gasteiger partial charge < -0.3 is 10.1 Å². The van der Waals surface area contributed by atoms with Crippen LogP contribution in [0.3, 0.4) is 0 Å². The van der Waals surface area contributed by atoms with Crippen molar-refractivity contribution in [2.24, 2.45) is 0 Å². The largest absolute Gasteiger partial charge is 0.488 e. The van der Waals surface area contributed by atoms with Gasteiger partial charge in [-0.2, -0.15) is 4.39 Å². The maximum atomic E-state index is 13.3. The van der Waals surface area contributed by atoms with E-state index in [1.165, 1.54) is 0 Å². The second-order valence-electron chi connectivity index (χ2n) is 3.48. The average Bonchev–Trinajstić information content (AvgIpc) is 2.22. The van der Waals surface area contributed by atoms with E-state index in [4.69, 9.17) is 16.3 Å². The molecule has 1 N–H and O–H groups in total. The quantitative estimate of drug-likeness (QED) is 0.654. The lowest BCUT2D eigenvalue weighted by Gasteiger charge is -2.15. The highest BCUT2D eigenvalue weighted by atomic mass is 35.5. The number of hydrogen-bond donors (Lipinski definition) is 1. The Morgan fingerprint density at radius 3 is 2.82 bits per heavy atom. The normalized spacial score (nSPS) is 12.2. The highest BCUT2D eigenvalue weighted by Crippen LogP contribution is 2.31. The van der Waals surface area contributed by atoms with Gasteiger partial charge in [0.05, 0.1) is 9.95 Å². The summed E-state index contributed by atoms with van der Waals surface area (Å²) >= 11 is 5.77. The SMILES string of the molecule is CNCC(C)Oc1cc(F)c([N+](=O)[O-])cc1Cl. The predicted octanol–water partition coefficient (Wildman–Crippen LogP) is 2.37. The maximum Gasteiger partial charge on any atom is 0.306 e. The number of likely N-dealkylation sites (N-methyl/N-ethyl adjacent to an activating group) is 1. The number of ether oxygens (including phenoxy) is 1. The highest BCUT2D eigenvalue weighted by molar-refractivity contribution is 6.32. The maximum absolute atomic E-state index is 13.3. The minimum absolute atomic E-state index is 0.0149. The van der Waals surface area contributed by atoms with Crippen LogP contribution in [0.25, 0.3) is 0 Å². The molecule has 0 saturated carbocycles. The first-order chi connectivity index (χ1) is 7.95. The molecule has 1 unspecified atom stereocenters. The van der Waals surface area contributed by atoms with Crippen molar-refractivity contribution < 1.29 is 14.1 Å². The molecule has 0 aromatic heterocycles. The first kappa shape index (κ1) is 13.7. The van der Waals surface area contributed by atoms with Crippen LogP contribution in [0.15, 0.2) is 12.1 Å². The first-order valence-corrected chi connectivity index (χ1v) is 5.28. The van der Waals surface area contributed by atoms with Gasteiger partial charge in [0.15, 0.2) is 0 Å². The van der Waals surface area contributed by atoms with Crippen LogP contribution in [0.2, 0.25) is 5.02 Å². The van der Waals surface area contributed by atoms with Gasteiger partial charge in [0.25, 0.3) is 0 Å². The Morgan fingerprint density at radius 2 is 2.29 bits per heavy atom. The molecule has 0 saturated heterocycles. The van der Waals surface area contributed by atoms with Gasteiger partial charge >= 0.3 is 5.69 Å². The Bertz CT molecular complexity index is 428. The van der Waals surface area contributed by atoms with Crippen LogP contribution in [-0.4, -0.2) is 24.6 Å². The van der Waals surface area contributed by atoms with E-state index >= 15 is 0 Å². The number of rotatable bonds is 5. The molecule has 7 heteroatoms. The number of nitro groups is 1. The molecule has 0 aliphatic heterocycles. The predicted molar refractivity (Wildman–Crippen MR) is 62.1 cm³/mol. The van der Waals surface area contributed by atoms with E-state index in [0.29, 0.717) is 6.54 Å². The zero-order valence-corrected chi connectivity index (χ0v) is 10.1. The van der Waals surface area contributed by atoms with Gasteiger partial charge in [0.1, 0.15) is 11.9 Å². The summed E-state index contributed by atoms with van der Waals surface area (Å²) in [6.07, 6.45) is -0.224. The van der Waals surface area contributed by atoms with Crippen molar-refractivity contribution in [2.45, 2.75) is 13.0 Å². The monoisotopic (exact) mass is 262 g/mol. The fraction of sp³-hybridized carbons (Fsp3) is 0.400. The molecule has 1 rings (SSSR count). The Labute approximate surface area is 103 Å². The van der Waals surface area contributed by atoms with Crippen LogP contribution < -0.4 is 10.1 Å². The Morgan fingerprint density at radius 1 is 1.65 bits per heavy atom. The van der Waals surface area contributed by atoms with Crippen molar-refractivity contribution in [3.8, 4) is 5.75 Å². The molecule has 1 atom stereocenters. The summed E-state index contributed by atoms with van der Waals surface area (Å²) in [5.74, 6) is -0.872. The van der Waals surface area contributed by atoms with Crippen LogP contribution in [-0.2, 0) is 0 Å². The summed E-state index contributed by atoms with van der Waals surface area (Å²) in [7, 11) is 1.75. The number of hydrogen-bond acceptors (Lipinski definition) is 4. The number of nitrogens with zero attached hydrogens (tertiary/aromatic N) is 1. The number of nitro benzene ring substituents is 1. The summed E-state index contributed by atoms with van der Waals surface area (Å²) in [6.45, 7) is 2.32. The van der Waals surface area contributed by atoms with Gasteiger partial charge in [-0.15, -0.1) is 0 Å². The molecule has 0 aliphatic rings. The van der Waals surface area contributed by atoms with Gasteiger partial charge in [-0.3, -0.25) is 10.1 Å². The van der Waals surface area contributed by atoms with E-state index in [0.717, 1.165) is 12.1 Å². The summed E-state index contributed by atoms with van der Waals surface area (Å²) in [5.41, 5.74) is -0.663. The minimum Gasteiger partial charge on any atom is -0.488 e. The van der Waals surface area contributed by atoms with E-state index in [9.17, 15) is 14.5 Å². The van der Waals surface area contributed by atoms with E-state index in [1.54, 1.807) is 14.0 Å². The van der Waals surface area contributed by atoms with Crippen molar-refractivity contribution in [1.29, 1.82) is 0 Å². The molecular formula is C10H12ClFN2O3. The molecule has 0 bridgehead atoms. The molecule has 1 aromatic carbocycles. The van der Waals surface area contributed by atoms with Crippen LogP contribution in [0.5, 0.6) is 5.75 Å². The molecular weight excluding hydrogens is 251 g/mol. The van der Waals surface area contributed by atoms with Crippen LogP contribution in [0, 0.1) is 15.9 Å². The topological polar surface area (TPSA) is 64.4 Å². The standard InChI is InChI=1S/C10H12ClFN2O3/c1-6(5-13-2)17-10-4-8(12)9(14(15)16)3-7(10)11/h3-4,6,13H,5H2,1-2H3. The molecule has 94 valence electrons. The molecule has 17 heavy (non-hydrogen) atoms. The van der Waals surface area contributed by atoms with E-state index in [-0.39, 0.29) is 16.9 Å². The number of benzene rings is 1.